The molecular weight excluding hydrogens is 224 g/mol. The van der Waals surface area contributed by atoms with Crippen LogP contribution >= 0.6 is 0 Å². The van der Waals surface area contributed by atoms with Gasteiger partial charge in [-0.25, -0.2) is 0 Å². The van der Waals surface area contributed by atoms with E-state index in [0.29, 0.717) is 6.10 Å². The predicted octanol–water partition coefficient (Wildman–Crippen LogP) is 2.26. The summed E-state index contributed by atoms with van der Waals surface area (Å²) in [5.41, 5.74) is 0. The third-order valence-electron chi connectivity index (χ3n) is 4.70. The molecule has 0 spiro atoms. The average Bonchev–Trinajstić information content (AvgIpc) is 2.75. The zero-order valence-electron chi connectivity index (χ0n) is 12.3. The minimum atomic E-state index is 0.466. The fourth-order valence-electron chi connectivity index (χ4n) is 3.34. The van der Waals surface area contributed by atoms with Gasteiger partial charge in [0.2, 0.25) is 0 Å². The van der Waals surface area contributed by atoms with Crippen LogP contribution in [0.25, 0.3) is 0 Å². The van der Waals surface area contributed by atoms with E-state index in [0.717, 1.165) is 24.6 Å². The zero-order valence-corrected chi connectivity index (χ0v) is 12.3. The molecule has 3 heteroatoms. The van der Waals surface area contributed by atoms with E-state index in [-0.39, 0.29) is 0 Å². The van der Waals surface area contributed by atoms with Gasteiger partial charge in [-0.2, -0.15) is 0 Å². The highest BCUT2D eigenvalue weighted by molar-refractivity contribution is 4.86. The van der Waals surface area contributed by atoms with Gasteiger partial charge in [0.05, 0.1) is 6.10 Å². The molecule has 0 aromatic carbocycles. The summed E-state index contributed by atoms with van der Waals surface area (Å²) in [6, 6.07) is 1.47. The molecule has 0 aromatic heterocycles. The van der Waals surface area contributed by atoms with Crippen molar-refractivity contribution in [2.24, 2.45) is 5.92 Å². The number of rotatable bonds is 5. The Morgan fingerprint density at radius 3 is 2.72 bits per heavy atom. The molecule has 1 N–H and O–H groups in total. The van der Waals surface area contributed by atoms with Gasteiger partial charge in [0.1, 0.15) is 0 Å². The van der Waals surface area contributed by atoms with E-state index in [4.69, 9.17) is 4.74 Å². The molecule has 4 unspecified atom stereocenters. The highest BCUT2D eigenvalue weighted by atomic mass is 16.5. The summed E-state index contributed by atoms with van der Waals surface area (Å²) < 4.78 is 5.68. The second-order valence-corrected chi connectivity index (χ2v) is 6.14. The summed E-state index contributed by atoms with van der Waals surface area (Å²) in [6.45, 7) is 11.5. The molecule has 2 aliphatic heterocycles. The zero-order chi connectivity index (χ0) is 13.0. The van der Waals surface area contributed by atoms with E-state index in [2.05, 4.69) is 31.0 Å². The molecule has 0 bridgehead atoms. The maximum absolute atomic E-state index is 5.68. The van der Waals surface area contributed by atoms with E-state index < -0.39 is 0 Å². The van der Waals surface area contributed by atoms with Crippen LogP contribution in [0, 0.1) is 5.92 Å². The fourth-order valence-corrected chi connectivity index (χ4v) is 3.34. The van der Waals surface area contributed by atoms with Gasteiger partial charge in [0.15, 0.2) is 0 Å². The van der Waals surface area contributed by atoms with Crippen molar-refractivity contribution in [3.8, 4) is 0 Å². The molecule has 4 atom stereocenters. The third kappa shape index (κ3) is 3.69. The molecule has 2 fully saturated rings. The SMILES string of the molecule is CCCNC1CCN(CC2CCOC2C)C(C)C1. The maximum atomic E-state index is 5.68. The van der Waals surface area contributed by atoms with Crippen molar-refractivity contribution < 1.29 is 4.74 Å². The Kier molecular flexibility index (Phi) is 5.46. The fraction of sp³-hybridized carbons (Fsp3) is 1.00. The molecular formula is C15H30N2O. The highest BCUT2D eigenvalue weighted by Gasteiger charge is 2.31. The number of nitrogens with one attached hydrogen (secondary N) is 1. The molecule has 2 aliphatic rings. The second-order valence-electron chi connectivity index (χ2n) is 6.14. The smallest absolute Gasteiger partial charge is 0.0588 e. The second kappa shape index (κ2) is 6.88. The first-order valence-electron chi connectivity index (χ1n) is 7.79. The standard InChI is InChI=1S/C15H30N2O/c1-4-7-16-15-5-8-17(12(2)10-15)11-14-6-9-18-13(14)3/h12-16H,4-11H2,1-3H3. The number of piperidine rings is 1. The van der Waals surface area contributed by atoms with Gasteiger partial charge in [-0.15, -0.1) is 0 Å². The van der Waals surface area contributed by atoms with Gasteiger partial charge in [-0.3, -0.25) is 0 Å². The van der Waals surface area contributed by atoms with Crippen molar-refractivity contribution in [3.63, 3.8) is 0 Å². The molecule has 2 rings (SSSR count). The maximum Gasteiger partial charge on any atom is 0.0588 e. The number of hydrogen-bond acceptors (Lipinski definition) is 3. The lowest BCUT2D eigenvalue weighted by molar-refractivity contribution is 0.0705. The number of hydrogen-bond donors (Lipinski definition) is 1. The Bertz CT molecular complexity index is 247. The van der Waals surface area contributed by atoms with Crippen LogP contribution in [0.2, 0.25) is 0 Å². The van der Waals surface area contributed by atoms with Crippen molar-refractivity contribution in [2.45, 2.75) is 64.6 Å². The van der Waals surface area contributed by atoms with Crippen LogP contribution in [0.3, 0.4) is 0 Å². The Morgan fingerprint density at radius 2 is 2.11 bits per heavy atom. The molecule has 2 heterocycles. The number of nitrogens with zero attached hydrogens (tertiary/aromatic N) is 1. The molecule has 0 aliphatic carbocycles. The average molecular weight is 254 g/mol. The van der Waals surface area contributed by atoms with Gasteiger partial charge >= 0.3 is 0 Å². The van der Waals surface area contributed by atoms with Crippen LogP contribution in [0.15, 0.2) is 0 Å². The first-order valence-corrected chi connectivity index (χ1v) is 7.79. The van der Waals surface area contributed by atoms with Gasteiger partial charge < -0.3 is 15.0 Å². The van der Waals surface area contributed by atoms with Crippen LogP contribution in [0.1, 0.15) is 46.5 Å². The summed E-state index contributed by atoms with van der Waals surface area (Å²) in [7, 11) is 0. The number of ether oxygens (including phenoxy) is 1. The summed E-state index contributed by atoms with van der Waals surface area (Å²) >= 11 is 0. The normalized spacial score (nSPS) is 38.2. The van der Waals surface area contributed by atoms with Crippen LogP contribution in [-0.4, -0.2) is 49.3 Å². The minimum absolute atomic E-state index is 0.466. The van der Waals surface area contributed by atoms with E-state index in [1.54, 1.807) is 0 Å². The predicted molar refractivity (Wildman–Crippen MR) is 75.9 cm³/mol. The van der Waals surface area contributed by atoms with Gasteiger partial charge in [0, 0.05) is 25.2 Å². The van der Waals surface area contributed by atoms with Gasteiger partial charge in [0.25, 0.3) is 0 Å². The Hall–Kier alpha value is -0.120. The summed E-state index contributed by atoms with van der Waals surface area (Å²) in [5.74, 6) is 0.757. The molecule has 0 saturated carbocycles. The quantitative estimate of drug-likeness (QED) is 0.814. The first kappa shape index (κ1) is 14.3. The molecule has 3 nitrogen and oxygen atoms in total. The van der Waals surface area contributed by atoms with Crippen LogP contribution in [0.5, 0.6) is 0 Å². The molecule has 0 amide bonds. The van der Waals surface area contributed by atoms with Crippen LogP contribution in [-0.2, 0) is 4.74 Å². The molecule has 0 aromatic rings. The summed E-state index contributed by atoms with van der Waals surface area (Å²) in [6.07, 6.45) is 5.58. The third-order valence-corrected chi connectivity index (χ3v) is 4.70. The molecule has 2 saturated heterocycles. The van der Waals surface area contributed by atoms with E-state index >= 15 is 0 Å². The molecule has 106 valence electrons. The van der Waals surface area contributed by atoms with Crippen molar-refractivity contribution in [1.29, 1.82) is 0 Å². The largest absolute Gasteiger partial charge is 0.378 e. The molecule has 18 heavy (non-hydrogen) atoms. The minimum Gasteiger partial charge on any atom is -0.378 e. The Morgan fingerprint density at radius 1 is 1.28 bits per heavy atom. The van der Waals surface area contributed by atoms with Crippen molar-refractivity contribution in [1.82, 2.24) is 10.2 Å². The number of likely N-dealkylation sites (tertiary alicyclic amines) is 1. The molecule has 0 radical (unpaired) electrons. The summed E-state index contributed by atoms with van der Waals surface area (Å²) in [5, 5.41) is 3.67. The van der Waals surface area contributed by atoms with Gasteiger partial charge in [-0.05, 0) is 58.5 Å². The summed E-state index contributed by atoms with van der Waals surface area (Å²) in [4.78, 5) is 2.68. The van der Waals surface area contributed by atoms with Crippen LogP contribution in [0.4, 0.5) is 0 Å². The van der Waals surface area contributed by atoms with Gasteiger partial charge in [-0.1, -0.05) is 6.92 Å². The topological polar surface area (TPSA) is 24.5 Å². The highest BCUT2D eigenvalue weighted by Crippen LogP contribution is 2.25. The monoisotopic (exact) mass is 254 g/mol. The van der Waals surface area contributed by atoms with E-state index in [1.807, 2.05) is 0 Å². The van der Waals surface area contributed by atoms with Crippen LogP contribution < -0.4 is 5.32 Å². The van der Waals surface area contributed by atoms with E-state index in [1.165, 1.54) is 45.3 Å². The van der Waals surface area contributed by atoms with Crippen molar-refractivity contribution in [2.75, 3.05) is 26.2 Å². The van der Waals surface area contributed by atoms with Crippen molar-refractivity contribution >= 4 is 0 Å². The lowest BCUT2D eigenvalue weighted by Gasteiger charge is -2.39. The van der Waals surface area contributed by atoms with Crippen molar-refractivity contribution in [3.05, 3.63) is 0 Å². The Balaban J connectivity index is 1.75. The van der Waals surface area contributed by atoms with E-state index in [9.17, 15) is 0 Å². The lowest BCUT2D eigenvalue weighted by Crippen LogP contribution is -2.49. The Labute approximate surface area is 112 Å². The lowest BCUT2D eigenvalue weighted by atomic mass is 9.94. The first-order chi connectivity index (χ1) is 8.70.